The van der Waals surface area contributed by atoms with Crippen LogP contribution in [0.1, 0.15) is 21.5 Å². The molecule has 0 fully saturated rings. The van der Waals surface area contributed by atoms with Crippen molar-refractivity contribution >= 4 is 28.9 Å². The number of carbonyl (C=O) groups is 1. The highest BCUT2D eigenvalue weighted by Crippen LogP contribution is 2.23. The van der Waals surface area contributed by atoms with Crippen LogP contribution in [0.25, 0.3) is 0 Å². The Labute approximate surface area is 151 Å². The molecule has 0 atom stereocenters. The molecule has 0 aliphatic carbocycles. The Morgan fingerprint density at radius 1 is 1.12 bits per heavy atom. The second kappa shape index (κ2) is 7.77. The van der Waals surface area contributed by atoms with Crippen molar-refractivity contribution in [2.75, 3.05) is 10.6 Å². The molecular formula is C19H17ClN4O. The van der Waals surface area contributed by atoms with Gasteiger partial charge in [0, 0.05) is 42.0 Å². The van der Waals surface area contributed by atoms with E-state index in [1.165, 1.54) is 6.20 Å². The third-order valence-corrected chi connectivity index (χ3v) is 4.17. The minimum absolute atomic E-state index is 0.231. The number of benzene rings is 1. The highest BCUT2D eigenvalue weighted by molar-refractivity contribution is 6.31. The molecular weight excluding hydrogens is 336 g/mol. The van der Waals surface area contributed by atoms with Crippen LogP contribution in [0.5, 0.6) is 0 Å². The van der Waals surface area contributed by atoms with Crippen LogP contribution in [-0.4, -0.2) is 15.9 Å². The molecule has 0 saturated heterocycles. The lowest BCUT2D eigenvalue weighted by Crippen LogP contribution is -2.13. The summed E-state index contributed by atoms with van der Waals surface area (Å²) in [6, 6.07) is 11.0. The number of nitrogens with zero attached hydrogens (tertiary/aromatic N) is 2. The summed E-state index contributed by atoms with van der Waals surface area (Å²) in [6.45, 7) is 2.49. The first-order valence-corrected chi connectivity index (χ1v) is 8.15. The van der Waals surface area contributed by atoms with Gasteiger partial charge < -0.3 is 10.6 Å². The van der Waals surface area contributed by atoms with Gasteiger partial charge in [0.1, 0.15) is 0 Å². The van der Waals surface area contributed by atoms with E-state index < -0.39 is 0 Å². The molecule has 1 aromatic carbocycles. The van der Waals surface area contributed by atoms with Gasteiger partial charge in [0.15, 0.2) is 0 Å². The summed E-state index contributed by atoms with van der Waals surface area (Å²) in [5, 5.41) is 6.73. The van der Waals surface area contributed by atoms with Gasteiger partial charge in [0.25, 0.3) is 5.91 Å². The van der Waals surface area contributed by atoms with E-state index in [-0.39, 0.29) is 5.91 Å². The number of halogens is 1. The Balaban J connectivity index is 1.70. The summed E-state index contributed by atoms with van der Waals surface area (Å²) in [5.74, 6) is -0.231. The van der Waals surface area contributed by atoms with E-state index in [1.807, 2.05) is 25.1 Å². The first-order valence-electron chi connectivity index (χ1n) is 7.78. The zero-order valence-corrected chi connectivity index (χ0v) is 14.4. The van der Waals surface area contributed by atoms with Crippen molar-refractivity contribution in [1.29, 1.82) is 0 Å². The van der Waals surface area contributed by atoms with Crippen LogP contribution in [0.4, 0.5) is 11.4 Å². The molecule has 0 aliphatic heterocycles. The molecule has 0 spiro atoms. The standard InChI is InChI=1S/C19H17ClN4O/c1-13-17(20)3-2-4-18(13)24-19(25)15-9-16(12-22-11-15)23-10-14-5-7-21-8-6-14/h2-9,11-12,23H,10H2,1H3,(H,24,25). The van der Waals surface area contributed by atoms with Crippen LogP contribution >= 0.6 is 11.6 Å². The van der Waals surface area contributed by atoms with E-state index in [0.29, 0.717) is 22.8 Å². The van der Waals surface area contributed by atoms with Gasteiger partial charge in [-0.3, -0.25) is 14.8 Å². The smallest absolute Gasteiger partial charge is 0.257 e. The lowest BCUT2D eigenvalue weighted by Gasteiger charge is -2.11. The van der Waals surface area contributed by atoms with Gasteiger partial charge in [0.05, 0.1) is 11.3 Å². The lowest BCUT2D eigenvalue weighted by atomic mass is 10.2. The third kappa shape index (κ3) is 4.33. The van der Waals surface area contributed by atoms with Crippen molar-refractivity contribution in [2.45, 2.75) is 13.5 Å². The summed E-state index contributed by atoms with van der Waals surface area (Å²) in [7, 11) is 0. The zero-order chi connectivity index (χ0) is 17.6. The second-order valence-electron chi connectivity index (χ2n) is 5.54. The highest BCUT2D eigenvalue weighted by Gasteiger charge is 2.10. The molecule has 0 saturated carbocycles. The van der Waals surface area contributed by atoms with Crippen LogP contribution in [-0.2, 0) is 6.54 Å². The van der Waals surface area contributed by atoms with Crippen LogP contribution in [0.3, 0.4) is 0 Å². The Morgan fingerprint density at radius 3 is 2.72 bits per heavy atom. The van der Waals surface area contributed by atoms with Crippen molar-refractivity contribution in [3.63, 3.8) is 0 Å². The average molecular weight is 353 g/mol. The van der Waals surface area contributed by atoms with Gasteiger partial charge in [-0.2, -0.15) is 0 Å². The van der Waals surface area contributed by atoms with Gasteiger partial charge in [-0.1, -0.05) is 17.7 Å². The number of hydrogen-bond donors (Lipinski definition) is 2. The average Bonchev–Trinajstić information content (AvgIpc) is 2.65. The molecule has 2 aromatic heterocycles. The Bertz CT molecular complexity index is 884. The lowest BCUT2D eigenvalue weighted by molar-refractivity contribution is 0.102. The molecule has 126 valence electrons. The van der Waals surface area contributed by atoms with Gasteiger partial charge in [-0.05, 0) is 48.4 Å². The molecule has 2 N–H and O–H groups in total. The van der Waals surface area contributed by atoms with E-state index in [0.717, 1.165) is 16.8 Å². The van der Waals surface area contributed by atoms with Crippen molar-refractivity contribution in [2.24, 2.45) is 0 Å². The number of hydrogen-bond acceptors (Lipinski definition) is 4. The first-order chi connectivity index (χ1) is 12.1. The Kier molecular flexibility index (Phi) is 5.26. The van der Waals surface area contributed by atoms with E-state index >= 15 is 0 Å². The zero-order valence-electron chi connectivity index (χ0n) is 13.7. The number of anilines is 2. The maximum absolute atomic E-state index is 12.5. The van der Waals surface area contributed by atoms with Gasteiger partial charge >= 0.3 is 0 Å². The quantitative estimate of drug-likeness (QED) is 0.718. The molecule has 3 aromatic rings. The van der Waals surface area contributed by atoms with Crippen molar-refractivity contribution in [3.05, 3.63) is 82.9 Å². The molecule has 0 aliphatic rings. The minimum atomic E-state index is -0.231. The largest absolute Gasteiger partial charge is 0.380 e. The number of carbonyl (C=O) groups excluding carboxylic acids is 1. The first kappa shape index (κ1) is 16.9. The summed E-state index contributed by atoms with van der Waals surface area (Å²) < 4.78 is 0. The minimum Gasteiger partial charge on any atom is -0.380 e. The predicted molar refractivity (Wildman–Crippen MR) is 99.9 cm³/mol. The number of rotatable bonds is 5. The summed E-state index contributed by atoms with van der Waals surface area (Å²) in [5.41, 5.74) is 3.86. The summed E-state index contributed by atoms with van der Waals surface area (Å²) in [6.07, 6.45) is 6.70. The third-order valence-electron chi connectivity index (χ3n) is 3.76. The van der Waals surface area contributed by atoms with E-state index in [2.05, 4.69) is 20.6 Å². The van der Waals surface area contributed by atoms with Gasteiger partial charge in [-0.25, -0.2) is 0 Å². The fraction of sp³-hybridized carbons (Fsp3) is 0.105. The number of aromatic nitrogens is 2. The molecule has 0 unspecified atom stereocenters. The van der Waals surface area contributed by atoms with E-state index in [9.17, 15) is 4.79 Å². The molecule has 0 bridgehead atoms. The Morgan fingerprint density at radius 2 is 1.92 bits per heavy atom. The van der Waals surface area contributed by atoms with E-state index in [4.69, 9.17) is 11.6 Å². The topological polar surface area (TPSA) is 66.9 Å². The van der Waals surface area contributed by atoms with Crippen molar-refractivity contribution in [1.82, 2.24) is 9.97 Å². The van der Waals surface area contributed by atoms with Crippen LogP contribution in [0, 0.1) is 6.92 Å². The highest BCUT2D eigenvalue weighted by atomic mass is 35.5. The van der Waals surface area contributed by atoms with E-state index in [1.54, 1.807) is 36.8 Å². The number of amides is 1. The molecule has 2 heterocycles. The summed E-state index contributed by atoms with van der Waals surface area (Å²) in [4.78, 5) is 20.6. The maximum atomic E-state index is 12.5. The maximum Gasteiger partial charge on any atom is 0.257 e. The predicted octanol–water partition coefficient (Wildman–Crippen LogP) is 4.30. The Hall–Kier alpha value is -2.92. The normalized spacial score (nSPS) is 10.3. The molecule has 0 radical (unpaired) electrons. The second-order valence-corrected chi connectivity index (χ2v) is 5.95. The van der Waals surface area contributed by atoms with Gasteiger partial charge in [-0.15, -0.1) is 0 Å². The van der Waals surface area contributed by atoms with Crippen LogP contribution in [0.15, 0.2) is 61.2 Å². The molecule has 25 heavy (non-hydrogen) atoms. The van der Waals surface area contributed by atoms with Crippen LogP contribution < -0.4 is 10.6 Å². The van der Waals surface area contributed by atoms with Crippen molar-refractivity contribution in [3.8, 4) is 0 Å². The van der Waals surface area contributed by atoms with Gasteiger partial charge in [0.2, 0.25) is 0 Å². The van der Waals surface area contributed by atoms with Crippen molar-refractivity contribution < 1.29 is 4.79 Å². The number of nitrogens with one attached hydrogen (secondary N) is 2. The molecule has 6 heteroatoms. The van der Waals surface area contributed by atoms with Crippen LogP contribution in [0.2, 0.25) is 5.02 Å². The molecule has 5 nitrogen and oxygen atoms in total. The fourth-order valence-electron chi connectivity index (χ4n) is 2.30. The summed E-state index contributed by atoms with van der Waals surface area (Å²) >= 11 is 6.09. The fourth-order valence-corrected chi connectivity index (χ4v) is 2.48. The molecule has 3 rings (SSSR count). The number of pyridine rings is 2. The molecule has 1 amide bonds. The SMILES string of the molecule is Cc1c(Cl)cccc1NC(=O)c1cncc(NCc2ccncc2)c1. The monoisotopic (exact) mass is 352 g/mol.